The lowest BCUT2D eigenvalue weighted by Crippen LogP contribution is -1.93. The third-order valence-electron chi connectivity index (χ3n) is 1.84. The summed E-state index contributed by atoms with van der Waals surface area (Å²) in [6.07, 6.45) is 1.94. The van der Waals surface area contributed by atoms with Gasteiger partial charge in [0.05, 0.1) is 0 Å². The Morgan fingerprint density at radius 1 is 1.15 bits per heavy atom. The molecule has 1 aromatic rings. The van der Waals surface area contributed by atoms with E-state index in [0.717, 1.165) is 0 Å². The average Bonchev–Trinajstić information content (AvgIpc) is 2.71. The van der Waals surface area contributed by atoms with Gasteiger partial charge < -0.3 is 0 Å². The van der Waals surface area contributed by atoms with E-state index in [2.05, 4.69) is 53.6 Å². The van der Waals surface area contributed by atoms with Crippen molar-refractivity contribution < 1.29 is 0 Å². The van der Waals surface area contributed by atoms with Crippen LogP contribution >= 0.6 is 29.1 Å². The van der Waals surface area contributed by atoms with E-state index >= 15 is 0 Å². The first kappa shape index (κ1) is 9.64. The first-order valence-corrected chi connectivity index (χ1v) is 8.71. The van der Waals surface area contributed by atoms with E-state index in [0.29, 0.717) is 0 Å². The van der Waals surface area contributed by atoms with Crippen LogP contribution in [0.4, 0.5) is 0 Å². The number of hydrogen-bond acceptors (Lipinski definition) is 2. The van der Waals surface area contributed by atoms with Gasteiger partial charge >= 0.3 is 0 Å². The minimum atomic E-state index is 0.0414. The molecule has 3 heteroatoms. The molecule has 0 saturated carbocycles. The van der Waals surface area contributed by atoms with Gasteiger partial charge in [-0.25, -0.2) is 0 Å². The minimum Gasteiger partial charge on any atom is -0.117 e. The van der Waals surface area contributed by atoms with Gasteiger partial charge in [0.15, 0.2) is 0 Å². The Labute approximate surface area is 88.4 Å². The van der Waals surface area contributed by atoms with Crippen molar-refractivity contribution in [2.45, 2.75) is 0 Å². The maximum atomic E-state index is 3.75. The standard InChI is InChI=1S/C10H11PS2/c1-2-9-3-5-10(6-4-9)11-12-7-8-13-11/h2-6H,1,7-8H2. The molecule has 13 heavy (non-hydrogen) atoms. The maximum Gasteiger partial charge on any atom is 0.0438 e. The van der Waals surface area contributed by atoms with Crippen molar-refractivity contribution in [3.05, 3.63) is 36.4 Å². The molecule has 2 rings (SSSR count). The van der Waals surface area contributed by atoms with Gasteiger partial charge in [0.25, 0.3) is 0 Å². The van der Waals surface area contributed by atoms with Gasteiger partial charge in [0.2, 0.25) is 0 Å². The zero-order valence-corrected chi connectivity index (χ0v) is 9.80. The summed E-state index contributed by atoms with van der Waals surface area (Å²) in [4.78, 5) is 0. The highest BCUT2D eigenvalue weighted by molar-refractivity contribution is 8.91. The van der Waals surface area contributed by atoms with E-state index in [-0.39, 0.29) is 6.33 Å². The van der Waals surface area contributed by atoms with Crippen molar-refractivity contribution in [1.82, 2.24) is 0 Å². The van der Waals surface area contributed by atoms with Gasteiger partial charge in [-0.2, -0.15) is 0 Å². The van der Waals surface area contributed by atoms with Crippen molar-refractivity contribution in [3.8, 4) is 0 Å². The van der Waals surface area contributed by atoms with Gasteiger partial charge in [0, 0.05) is 17.8 Å². The van der Waals surface area contributed by atoms with E-state index in [1.807, 2.05) is 6.08 Å². The highest BCUT2D eigenvalue weighted by Gasteiger charge is 2.17. The van der Waals surface area contributed by atoms with Crippen LogP contribution in [-0.4, -0.2) is 11.5 Å². The monoisotopic (exact) mass is 226 g/mol. The lowest BCUT2D eigenvalue weighted by molar-refractivity contribution is 1.59. The summed E-state index contributed by atoms with van der Waals surface area (Å²) < 4.78 is 0. The Hall–Kier alpha value is 0.0900. The fourth-order valence-electron chi connectivity index (χ4n) is 1.16. The van der Waals surface area contributed by atoms with Crippen molar-refractivity contribution in [2.75, 3.05) is 11.5 Å². The second kappa shape index (κ2) is 4.54. The van der Waals surface area contributed by atoms with Gasteiger partial charge in [-0.05, 0) is 10.9 Å². The number of hydrogen-bond donors (Lipinski definition) is 0. The molecule has 1 heterocycles. The first-order chi connectivity index (χ1) is 6.40. The Balaban J connectivity index is 2.16. The minimum absolute atomic E-state index is 0.0414. The Bertz CT molecular complexity index is 288. The Kier molecular flexibility index (Phi) is 3.37. The van der Waals surface area contributed by atoms with E-state index in [1.165, 1.54) is 22.4 Å². The molecule has 0 atom stereocenters. The molecule has 1 aliphatic rings. The normalized spacial score (nSPS) is 17.5. The molecular weight excluding hydrogens is 215 g/mol. The van der Waals surface area contributed by atoms with Crippen molar-refractivity contribution in [2.24, 2.45) is 0 Å². The highest BCUT2D eigenvalue weighted by atomic mass is 33.1. The van der Waals surface area contributed by atoms with Crippen LogP contribution < -0.4 is 5.30 Å². The van der Waals surface area contributed by atoms with Gasteiger partial charge in [-0.15, -0.1) is 22.8 Å². The molecule has 0 N–H and O–H groups in total. The predicted molar refractivity (Wildman–Crippen MR) is 68.0 cm³/mol. The third kappa shape index (κ3) is 2.31. The zero-order valence-electron chi connectivity index (χ0n) is 7.27. The van der Waals surface area contributed by atoms with Crippen LogP contribution in [0.3, 0.4) is 0 Å². The molecule has 0 spiro atoms. The maximum absolute atomic E-state index is 3.75. The van der Waals surface area contributed by atoms with Gasteiger partial charge in [0.1, 0.15) is 0 Å². The summed E-state index contributed by atoms with van der Waals surface area (Å²) in [6, 6.07) is 8.80. The van der Waals surface area contributed by atoms with Crippen LogP contribution in [0.25, 0.3) is 6.08 Å². The summed E-state index contributed by atoms with van der Waals surface area (Å²) in [5.41, 5.74) is 1.22. The molecule has 0 radical (unpaired) electrons. The van der Waals surface area contributed by atoms with E-state index in [9.17, 15) is 0 Å². The zero-order chi connectivity index (χ0) is 9.10. The van der Waals surface area contributed by atoms with Crippen LogP contribution in [0.5, 0.6) is 0 Å². The summed E-state index contributed by atoms with van der Waals surface area (Å²) in [7, 11) is 0. The Morgan fingerprint density at radius 2 is 1.77 bits per heavy atom. The molecule has 1 aliphatic heterocycles. The van der Waals surface area contributed by atoms with Crippen LogP contribution in [0.1, 0.15) is 5.56 Å². The van der Waals surface area contributed by atoms with Crippen molar-refractivity contribution in [3.63, 3.8) is 0 Å². The number of benzene rings is 1. The van der Waals surface area contributed by atoms with Crippen LogP contribution in [-0.2, 0) is 0 Å². The predicted octanol–water partition coefficient (Wildman–Crippen LogP) is 3.75. The van der Waals surface area contributed by atoms with Crippen molar-refractivity contribution >= 4 is 40.5 Å². The molecule has 1 fully saturated rings. The molecule has 0 amide bonds. The van der Waals surface area contributed by atoms with Crippen molar-refractivity contribution in [1.29, 1.82) is 0 Å². The molecular formula is C10H11PS2. The molecule has 0 bridgehead atoms. The molecule has 0 unspecified atom stereocenters. The fourth-order valence-corrected chi connectivity index (χ4v) is 9.05. The Morgan fingerprint density at radius 3 is 2.31 bits per heavy atom. The lowest BCUT2D eigenvalue weighted by Gasteiger charge is -2.07. The van der Waals surface area contributed by atoms with E-state index in [1.54, 1.807) is 0 Å². The second-order valence-corrected chi connectivity index (χ2v) is 9.52. The first-order valence-electron chi connectivity index (χ1n) is 4.18. The quantitative estimate of drug-likeness (QED) is 0.704. The SMILES string of the molecule is C=Cc1ccc(P2SCCS2)cc1. The van der Waals surface area contributed by atoms with Gasteiger partial charge in [-0.1, -0.05) is 36.9 Å². The highest BCUT2D eigenvalue weighted by Crippen LogP contribution is 2.64. The molecule has 68 valence electrons. The van der Waals surface area contributed by atoms with Crippen LogP contribution in [0.2, 0.25) is 0 Å². The van der Waals surface area contributed by atoms with Crippen LogP contribution in [0.15, 0.2) is 30.8 Å². The lowest BCUT2D eigenvalue weighted by atomic mass is 10.2. The second-order valence-electron chi connectivity index (χ2n) is 2.72. The summed E-state index contributed by atoms with van der Waals surface area (Å²) >= 11 is 4.22. The number of rotatable bonds is 2. The summed E-state index contributed by atoms with van der Waals surface area (Å²) in [5, 5.41) is 1.51. The topological polar surface area (TPSA) is 0 Å². The fraction of sp³-hybridized carbons (Fsp3) is 0.200. The third-order valence-corrected chi connectivity index (χ3v) is 9.73. The van der Waals surface area contributed by atoms with E-state index in [4.69, 9.17) is 0 Å². The largest absolute Gasteiger partial charge is 0.117 e. The molecule has 0 aliphatic carbocycles. The summed E-state index contributed by atoms with van der Waals surface area (Å²) in [5.74, 6) is 2.64. The molecule has 1 saturated heterocycles. The van der Waals surface area contributed by atoms with Gasteiger partial charge in [-0.3, -0.25) is 0 Å². The molecule has 0 aromatic heterocycles. The average molecular weight is 226 g/mol. The summed E-state index contributed by atoms with van der Waals surface area (Å²) in [6.45, 7) is 3.75. The smallest absolute Gasteiger partial charge is 0.0438 e. The molecule has 0 nitrogen and oxygen atoms in total. The van der Waals surface area contributed by atoms with Crippen LogP contribution in [0, 0.1) is 0 Å². The molecule has 1 aromatic carbocycles. The van der Waals surface area contributed by atoms with E-state index < -0.39 is 0 Å².